The molecule has 0 spiro atoms. The van der Waals surface area contributed by atoms with Crippen molar-refractivity contribution in [1.29, 1.82) is 0 Å². The van der Waals surface area contributed by atoms with E-state index in [1.54, 1.807) is 25.1 Å². The summed E-state index contributed by atoms with van der Waals surface area (Å²) < 4.78 is 44.3. The molecule has 3 heterocycles. The summed E-state index contributed by atoms with van der Waals surface area (Å²) in [5.74, 6) is -0.168. The van der Waals surface area contributed by atoms with Gasteiger partial charge in [0.25, 0.3) is 5.91 Å². The second-order valence-corrected chi connectivity index (χ2v) is 8.58. The van der Waals surface area contributed by atoms with Crippen molar-refractivity contribution in [3.8, 4) is 0 Å². The first-order valence-electron chi connectivity index (χ1n) is 10.8. The highest BCUT2D eigenvalue weighted by atomic mass is 19.4. The monoisotopic (exact) mass is 474 g/mol. The number of carbonyl (C=O) groups is 1. The second-order valence-electron chi connectivity index (χ2n) is 8.58. The van der Waals surface area contributed by atoms with Crippen molar-refractivity contribution >= 4 is 22.6 Å². The molecule has 2 atom stereocenters. The van der Waals surface area contributed by atoms with Gasteiger partial charge in [0.2, 0.25) is 0 Å². The number of fused-ring (bicyclic) bond motifs is 3. The Kier molecular flexibility index (Phi) is 6.46. The lowest BCUT2D eigenvalue weighted by molar-refractivity contribution is -0.137. The highest BCUT2D eigenvalue weighted by molar-refractivity contribution is 5.99. The number of nitrogen functional groups attached to an aromatic ring is 1. The van der Waals surface area contributed by atoms with Crippen LogP contribution in [0.2, 0.25) is 0 Å². The number of halogens is 3. The van der Waals surface area contributed by atoms with E-state index in [2.05, 4.69) is 9.97 Å². The molecule has 2 aromatic heterocycles. The van der Waals surface area contributed by atoms with Gasteiger partial charge in [0, 0.05) is 35.9 Å². The maximum atomic E-state index is 13.5. The van der Waals surface area contributed by atoms with Crippen LogP contribution in [0, 0.1) is 5.92 Å². The van der Waals surface area contributed by atoms with Gasteiger partial charge in [-0.3, -0.25) is 9.78 Å². The molecule has 10 heteroatoms. The fraction of sp³-hybridized carbons (Fsp3) is 0.375. The molecule has 0 fully saturated rings. The number of nitrogens with zero attached hydrogens (tertiary/aromatic N) is 3. The molecule has 0 bridgehead atoms. The van der Waals surface area contributed by atoms with Gasteiger partial charge in [-0.15, -0.1) is 0 Å². The van der Waals surface area contributed by atoms with Gasteiger partial charge in [-0.1, -0.05) is 6.92 Å². The molecule has 0 saturated heterocycles. The molecule has 3 aromatic rings. The van der Waals surface area contributed by atoms with Crippen molar-refractivity contribution in [2.75, 3.05) is 18.9 Å². The molecule has 1 aromatic carbocycles. The minimum Gasteiger partial charge on any atom is -0.396 e. The predicted octanol–water partition coefficient (Wildman–Crippen LogP) is 4.09. The van der Waals surface area contributed by atoms with Crippen molar-refractivity contribution in [1.82, 2.24) is 14.9 Å². The van der Waals surface area contributed by atoms with Crippen LogP contribution in [0.25, 0.3) is 10.9 Å². The third-order valence-electron chi connectivity index (χ3n) is 5.93. The number of carbonyl (C=O) groups excluding carboxylic acids is 1. The van der Waals surface area contributed by atoms with E-state index < -0.39 is 11.7 Å². The van der Waals surface area contributed by atoms with Crippen LogP contribution in [0.4, 0.5) is 19.0 Å². The summed E-state index contributed by atoms with van der Waals surface area (Å²) in [6.45, 7) is 4.08. The van der Waals surface area contributed by atoms with E-state index in [1.807, 2.05) is 6.92 Å². The minimum atomic E-state index is -4.49. The molecule has 0 aliphatic carbocycles. The molecule has 1 aliphatic rings. The van der Waals surface area contributed by atoms with Gasteiger partial charge in [0.1, 0.15) is 5.82 Å². The summed E-state index contributed by atoms with van der Waals surface area (Å²) in [5, 5.41) is 10.3. The summed E-state index contributed by atoms with van der Waals surface area (Å²) >= 11 is 0. The number of anilines is 1. The Balaban J connectivity index is 1.67. The Labute approximate surface area is 194 Å². The molecule has 0 unspecified atom stereocenters. The maximum Gasteiger partial charge on any atom is 0.417 e. The number of rotatable bonds is 6. The zero-order valence-electron chi connectivity index (χ0n) is 18.8. The number of nitrogens with two attached hydrogens (primary N) is 1. The topological polar surface area (TPSA) is 102 Å². The van der Waals surface area contributed by atoms with Crippen LogP contribution < -0.4 is 5.73 Å². The van der Waals surface area contributed by atoms with E-state index in [9.17, 15) is 23.1 Å². The molecule has 1 amide bonds. The lowest BCUT2D eigenvalue weighted by Gasteiger charge is -2.25. The van der Waals surface area contributed by atoms with E-state index >= 15 is 0 Å². The Bertz CT molecular complexity index is 1210. The number of alkyl halides is 3. The number of aromatic nitrogens is 2. The summed E-state index contributed by atoms with van der Waals surface area (Å²) in [5.41, 5.74) is 8.29. The molecule has 7 nitrogen and oxygen atoms in total. The van der Waals surface area contributed by atoms with Crippen molar-refractivity contribution in [2.45, 2.75) is 39.3 Å². The molecule has 0 saturated carbocycles. The number of amides is 1. The number of aliphatic hydroxyl groups is 1. The lowest BCUT2D eigenvalue weighted by atomic mass is 10.00. The van der Waals surface area contributed by atoms with Crippen LogP contribution in [-0.2, 0) is 24.1 Å². The van der Waals surface area contributed by atoms with Crippen molar-refractivity contribution in [3.05, 3.63) is 64.5 Å². The molecule has 0 radical (unpaired) electrons. The standard InChI is InChI=1S/C24H25F3N4O3/c1-13(11-32)9-31(10-17-5-4-16(8-29-17)24(25,26)27)23(33)15-3-6-20-18(7-15)19-12-34-14(2)21(19)22(28)30-20/h3-8,13-14,32H,9-12H2,1-2H3,(H2,28,30)/t13-,14+/m1/s1. The predicted molar refractivity (Wildman–Crippen MR) is 120 cm³/mol. The number of hydrogen-bond donors (Lipinski definition) is 2. The van der Waals surface area contributed by atoms with E-state index in [4.69, 9.17) is 10.5 Å². The van der Waals surface area contributed by atoms with Gasteiger partial charge in [-0.25, -0.2) is 4.98 Å². The van der Waals surface area contributed by atoms with Crippen LogP contribution in [-0.4, -0.2) is 39.0 Å². The van der Waals surface area contributed by atoms with Crippen molar-refractivity contribution < 1.29 is 27.8 Å². The quantitative estimate of drug-likeness (QED) is 0.558. The normalized spacial score (nSPS) is 16.5. The number of pyridine rings is 2. The lowest BCUT2D eigenvalue weighted by Crippen LogP contribution is -2.35. The summed E-state index contributed by atoms with van der Waals surface area (Å²) in [6, 6.07) is 7.29. The maximum absolute atomic E-state index is 13.5. The third-order valence-corrected chi connectivity index (χ3v) is 5.93. The molecule has 180 valence electrons. The number of ether oxygens (including phenoxy) is 1. The van der Waals surface area contributed by atoms with E-state index in [0.29, 0.717) is 29.2 Å². The number of aliphatic hydroxyl groups excluding tert-OH is 1. The van der Waals surface area contributed by atoms with Gasteiger partial charge in [0.05, 0.1) is 36.0 Å². The van der Waals surface area contributed by atoms with Crippen LogP contribution in [0.15, 0.2) is 36.5 Å². The van der Waals surface area contributed by atoms with Gasteiger partial charge in [-0.05, 0) is 48.7 Å². The number of benzene rings is 1. The Morgan fingerprint density at radius 2 is 2.09 bits per heavy atom. The first kappa shape index (κ1) is 23.9. The summed E-state index contributed by atoms with van der Waals surface area (Å²) in [7, 11) is 0. The zero-order chi connectivity index (χ0) is 24.6. The third kappa shape index (κ3) is 4.69. The van der Waals surface area contributed by atoms with E-state index in [-0.39, 0.29) is 37.6 Å². The van der Waals surface area contributed by atoms with Crippen molar-refractivity contribution in [2.24, 2.45) is 5.92 Å². The average Bonchev–Trinajstić information content (AvgIpc) is 3.20. The van der Waals surface area contributed by atoms with Crippen LogP contribution in [0.1, 0.15) is 52.7 Å². The Hall–Kier alpha value is -3.24. The highest BCUT2D eigenvalue weighted by Crippen LogP contribution is 2.38. The van der Waals surface area contributed by atoms with Crippen molar-refractivity contribution in [3.63, 3.8) is 0 Å². The first-order valence-corrected chi connectivity index (χ1v) is 10.8. The fourth-order valence-corrected chi connectivity index (χ4v) is 4.12. The molecule has 34 heavy (non-hydrogen) atoms. The highest BCUT2D eigenvalue weighted by Gasteiger charge is 2.31. The largest absolute Gasteiger partial charge is 0.417 e. The Morgan fingerprint density at radius 1 is 1.32 bits per heavy atom. The molecular formula is C24H25F3N4O3. The van der Waals surface area contributed by atoms with Crippen LogP contribution in [0.5, 0.6) is 0 Å². The second kappa shape index (κ2) is 9.19. The van der Waals surface area contributed by atoms with Gasteiger partial charge in [-0.2, -0.15) is 13.2 Å². The minimum absolute atomic E-state index is 0.00239. The average molecular weight is 474 g/mol. The SMILES string of the molecule is C[C@@H](CO)CN(Cc1ccc(C(F)(F)F)cn1)C(=O)c1ccc2nc(N)c3c(c2c1)CO[C@H]3C. The summed E-state index contributed by atoms with van der Waals surface area (Å²) in [4.78, 5) is 23.3. The molecular weight excluding hydrogens is 449 g/mol. The molecule has 1 aliphatic heterocycles. The fourth-order valence-electron chi connectivity index (χ4n) is 4.12. The smallest absolute Gasteiger partial charge is 0.396 e. The number of hydrogen-bond acceptors (Lipinski definition) is 6. The molecule has 4 rings (SSSR count). The van der Waals surface area contributed by atoms with Gasteiger partial charge >= 0.3 is 6.18 Å². The zero-order valence-corrected chi connectivity index (χ0v) is 18.8. The first-order chi connectivity index (χ1) is 16.1. The van der Waals surface area contributed by atoms with Gasteiger partial charge in [0.15, 0.2) is 0 Å². The summed E-state index contributed by atoms with van der Waals surface area (Å²) in [6.07, 6.45) is -3.93. The van der Waals surface area contributed by atoms with Gasteiger partial charge < -0.3 is 20.5 Å². The van der Waals surface area contributed by atoms with E-state index in [1.165, 1.54) is 11.0 Å². The van der Waals surface area contributed by atoms with E-state index in [0.717, 1.165) is 28.8 Å². The molecule has 3 N–H and O–H groups in total. The van der Waals surface area contributed by atoms with Crippen LogP contribution in [0.3, 0.4) is 0 Å². The Morgan fingerprint density at radius 3 is 2.74 bits per heavy atom. The van der Waals surface area contributed by atoms with Crippen LogP contribution >= 0.6 is 0 Å².